The fourth-order valence-corrected chi connectivity index (χ4v) is 5.20. The van der Waals surface area contributed by atoms with Crippen LogP contribution in [0.2, 0.25) is 0 Å². The summed E-state index contributed by atoms with van der Waals surface area (Å²) in [5.41, 5.74) is 3.02. The lowest BCUT2D eigenvalue weighted by atomic mass is 9.97. The van der Waals surface area contributed by atoms with E-state index in [1.807, 2.05) is 23.1 Å². The quantitative estimate of drug-likeness (QED) is 0.525. The predicted octanol–water partition coefficient (Wildman–Crippen LogP) is 4.02. The van der Waals surface area contributed by atoms with Crippen molar-refractivity contribution in [1.82, 2.24) is 9.80 Å². The lowest BCUT2D eigenvalue weighted by Crippen LogP contribution is -2.41. The molecule has 1 fully saturated rings. The van der Waals surface area contributed by atoms with Gasteiger partial charge in [-0.1, -0.05) is 6.07 Å². The summed E-state index contributed by atoms with van der Waals surface area (Å²) in [6.07, 6.45) is 4.44. The van der Waals surface area contributed by atoms with Crippen LogP contribution in [0.25, 0.3) is 0 Å². The molecule has 7 nitrogen and oxygen atoms in total. The molecule has 0 spiro atoms. The number of ether oxygens (including phenoxy) is 4. The molecule has 0 aliphatic carbocycles. The van der Waals surface area contributed by atoms with Crippen molar-refractivity contribution in [2.24, 2.45) is 5.92 Å². The molecule has 2 aromatic rings. The van der Waals surface area contributed by atoms with Crippen molar-refractivity contribution in [3.05, 3.63) is 47.0 Å². The van der Waals surface area contributed by atoms with E-state index in [1.165, 1.54) is 18.4 Å². The van der Waals surface area contributed by atoms with Crippen LogP contribution in [0, 0.1) is 5.92 Å². The lowest BCUT2D eigenvalue weighted by molar-refractivity contribution is 0.0701. The molecule has 2 aliphatic heterocycles. The zero-order valence-electron chi connectivity index (χ0n) is 20.8. The largest absolute Gasteiger partial charge is 0.493 e. The first-order valence-electron chi connectivity index (χ1n) is 12.0. The molecular weight excluding hydrogens is 432 g/mol. The number of piperidine rings is 1. The van der Waals surface area contributed by atoms with Gasteiger partial charge in [0.15, 0.2) is 23.0 Å². The van der Waals surface area contributed by atoms with Gasteiger partial charge in [0.05, 0.1) is 28.4 Å². The summed E-state index contributed by atoms with van der Waals surface area (Å²) in [4.78, 5) is 17.6. The van der Waals surface area contributed by atoms with E-state index in [0.717, 1.165) is 61.6 Å². The number of amides is 1. The highest BCUT2D eigenvalue weighted by atomic mass is 16.5. The minimum absolute atomic E-state index is 0.0986. The fraction of sp³-hybridized carbons (Fsp3) is 0.519. The molecule has 1 unspecified atom stereocenters. The summed E-state index contributed by atoms with van der Waals surface area (Å²) in [5.74, 6) is 3.42. The van der Waals surface area contributed by atoms with E-state index in [4.69, 9.17) is 18.9 Å². The van der Waals surface area contributed by atoms with Crippen molar-refractivity contribution in [2.45, 2.75) is 32.2 Å². The number of rotatable bonds is 10. The summed E-state index contributed by atoms with van der Waals surface area (Å²) in [6, 6.07) is 9.91. The van der Waals surface area contributed by atoms with Gasteiger partial charge in [-0.3, -0.25) is 4.79 Å². The van der Waals surface area contributed by atoms with Gasteiger partial charge in [-0.05, 0) is 80.1 Å². The molecule has 184 valence electrons. The van der Waals surface area contributed by atoms with Crippen molar-refractivity contribution in [1.29, 1.82) is 0 Å². The molecular formula is C27H36N2O5. The first kappa shape index (κ1) is 24.2. The second kappa shape index (κ2) is 11.0. The maximum Gasteiger partial charge on any atom is 0.254 e. The van der Waals surface area contributed by atoms with Crippen LogP contribution in [0.15, 0.2) is 30.3 Å². The van der Waals surface area contributed by atoms with Gasteiger partial charge in [-0.15, -0.1) is 0 Å². The van der Waals surface area contributed by atoms with Crippen LogP contribution in [0.4, 0.5) is 0 Å². The van der Waals surface area contributed by atoms with Crippen molar-refractivity contribution >= 4 is 5.91 Å². The van der Waals surface area contributed by atoms with Crippen molar-refractivity contribution in [3.63, 3.8) is 0 Å². The molecule has 0 bridgehead atoms. The van der Waals surface area contributed by atoms with Crippen LogP contribution in [-0.4, -0.2) is 70.3 Å². The number of carbonyl (C=O) groups excluding carboxylic acids is 1. The summed E-state index contributed by atoms with van der Waals surface area (Å²) >= 11 is 0. The van der Waals surface area contributed by atoms with Gasteiger partial charge in [-0.25, -0.2) is 0 Å². The Labute approximate surface area is 202 Å². The smallest absolute Gasteiger partial charge is 0.254 e. The zero-order chi connectivity index (χ0) is 24.1. The van der Waals surface area contributed by atoms with Gasteiger partial charge in [0.25, 0.3) is 5.91 Å². The number of nitrogens with zero attached hydrogens (tertiary/aromatic N) is 2. The van der Waals surface area contributed by atoms with Gasteiger partial charge in [-0.2, -0.15) is 0 Å². The molecule has 1 amide bonds. The number of fused-ring (bicyclic) bond motifs is 1. The standard InChI is InChI=1S/C27H36N2O5/c1-31-23-10-9-19(13-24(23)32-2)7-5-11-28-12-6-8-20(16-28)17-29-18-21-14-25(33-3)26(34-4)15-22(21)27(29)30/h9-10,13-15,20H,5-8,11-12,16-18H2,1-4H3. The Hall–Kier alpha value is -2.93. The van der Waals surface area contributed by atoms with Crippen LogP contribution in [0.3, 0.4) is 0 Å². The highest BCUT2D eigenvalue weighted by Gasteiger charge is 2.32. The Morgan fingerprint density at radius 2 is 1.62 bits per heavy atom. The highest BCUT2D eigenvalue weighted by Crippen LogP contribution is 2.35. The summed E-state index contributed by atoms with van der Waals surface area (Å²) in [7, 11) is 6.56. The van der Waals surface area contributed by atoms with E-state index in [2.05, 4.69) is 17.0 Å². The number of carbonyl (C=O) groups is 1. The second-order valence-corrected chi connectivity index (χ2v) is 9.15. The van der Waals surface area contributed by atoms with Gasteiger partial charge < -0.3 is 28.7 Å². The highest BCUT2D eigenvalue weighted by molar-refractivity contribution is 5.99. The van der Waals surface area contributed by atoms with E-state index < -0.39 is 0 Å². The average molecular weight is 469 g/mol. The summed E-state index contributed by atoms with van der Waals surface area (Å²) < 4.78 is 21.6. The van der Waals surface area contributed by atoms with E-state index in [-0.39, 0.29) is 5.91 Å². The van der Waals surface area contributed by atoms with Crippen LogP contribution >= 0.6 is 0 Å². The Morgan fingerprint density at radius 1 is 0.912 bits per heavy atom. The van der Waals surface area contributed by atoms with Crippen LogP contribution in [0.5, 0.6) is 23.0 Å². The molecule has 0 radical (unpaired) electrons. The van der Waals surface area contributed by atoms with Crippen molar-refractivity contribution < 1.29 is 23.7 Å². The number of hydrogen-bond acceptors (Lipinski definition) is 6. The number of likely N-dealkylation sites (tertiary alicyclic amines) is 1. The molecule has 2 heterocycles. The van der Waals surface area contributed by atoms with E-state index in [0.29, 0.717) is 24.0 Å². The van der Waals surface area contributed by atoms with Crippen LogP contribution in [0.1, 0.15) is 40.7 Å². The maximum atomic E-state index is 13.0. The van der Waals surface area contributed by atoms with E-state index in [1.54, 1.807) is 28.4 Å². The maximum absolute atomic E-state index is 13.0. The molecule has 1 saturated heterocycles. The fourth-order valence-electron chi connectivity index (χ4n) is 5.20. The van der Waals surface area contributed by atoms with Crippen LogP contribution in [-0.2, 0) is 13.0 Å². The minimum Gasteiger partial charge on any atom is -0.493 e. The van der Waals surface area contributed by atoms with Gasteiger partial charge in [0.2, 0.25) is 0 Å². The predicted molar refractivity (Wildman–Crippen MR) is 131 cm³/mol. The Bertz CT molecular complexity index is 1010. The Balaban J connectivity index is 1.29. The van der Waals surface area contributed by atoms with E-state index >= 15 is 0 Å². The van der Waals surface area contributed by atoms with E-state index in [9.17, 15) is 4.79 Å². The number of benzene rings is 2. The molecule has 34 heavy (non-hydrogen) atoms. The topological polar surface area (TPSA) is 60.5 Å². The first-order chi connectivity index (χ1) is 16.6. The third-order valence-electron chi connectivity index (χ3n) is 6.96. The lowest BCUT2D eigenvalue weighted by Gasteiger charge is -2.34. The van der Waals surface area contributed by atoms with Crippen molar-refractivity contribution in [2.75, 3.05) is 54.6 Å². The molecule has 0 aromatic heterocycles. The third kappa shape index (κ3) is 5.25. The average Bonchev–Trinajstić information content (AvgIpc) is 3.17. The molecule has 7 heteroatoms. The molecule has 2 aromatic carbocycles. The molecule has 4 rings (SSSR count). The van der Waals surface area contributed by atoms with Crippen LogP contribution < -0.4 is 18.9 Å². The number of methoxy groups -OCH3 is 4. The monoisotopic (exact) mass is 468 g/mol. The van der Waals surface area contributed by atoms with Gasteiger partial charge in [0, 0.05) is 25.2 Å². The minimum atomic E-state index is 0.0986. The first-order valence-corrected chi connectivity index (χ1v) is 12.0. The van der Waals surface area contributed by atoms with Gasteiger partial charge >= 0.3 is 0 Å². The molecule has 2 aliphatic rings. The molecule has 1 atom stereocenters. The Kier molecular flexibility index (Phi) is 7.83. The number of aryl methyl sites for hydroxylation is 1. The summed E-state index contributed by atoms with van der Waals surface area (Å²) in [6.45, 7) is 4.67. The van der Waals surface area contributed by atoms with Gasteiger partial charge in [0.1, 0.15) is 0 Å². The van der Waals surface area contributed by atoms with Crippen molar-refractivity contribution in [3.8, 4) is 23.0 Å². The summed E-state index contributed by atoms with van der Waals surface area (Å²) in [5, 5.41) is 0. The number of hydrogen-bond donors (Lipinski definition) is 0. The normalized spacial score (nSPS) is 18.1. The zero-order valence-corrected chi connectivity index (χ0v) is 20.8. The third-order valence-corrected chi connectivity index (χ3v) is 6.96. The molecule has 0 N–H and O–H groups in total. The second-order valence-electron chi connectivity index (χ2n) is 9.15. The molecule has 0 saturated carbocycles. The Morgan fingerprint density at radius 3 is 2.35 bits per heavy atom. The SMILES string of the molecule is COc1ccc(CCCN2CCCC(CN3Cc4cc(OC)c(OC)cc4C3=O)C2)cc1OC.